The molecule has 1 aliphatic carbocycles. The van der Waals surface area contributed by atoms with Gasteiger partial charge in [-0.15, -0.1) is 0 Å². The van der Waals surface area contributed by atoms with Gasteiger partial charge in [-0.2, -0.15) is 0 Å². The van der Waals surface area contributed by atoms with Gasteiger partial charge in [0.2, 0.25) is 0 Å². The second-order valence-corrected chi connectivity index (χ2v) is 3.65. The van der Waals surface area contributed by atoms with Gasteiger partial charge < -0.3 is 9.64 Å². The zero-order valence-corrected chi connectivity index (χ0v) is 8.04. The van der Waals surface area contributed by atoms with Crippen LogP contribution in [-0.2, 0) is 4.74 Å². The van der Waals surface area contributed by atoms with Crippen LogP contribution in [0, 0.1) is 0 Å². The van der Waals surface area contributed by atoms with E-state index < -0.39 is 0 Å². The molecule has 1 aliphatic heterocycles. The van der Waals surface area contributed by atoms with Gasteiger partial charge in [0.1, 0.15) is 0 Å². The van der Waals surface area contributed by atoms with Gasteiger partial charge in [0.25, 0.3) is 0 Å². The number of hydrogen-bond donors (Lipinski definition) is 0. The molecule has 0 aromatic rings. The van der Waals surface area contributed by atoms with E-state index in [9.17, 15) is 0 Å². The zero-order valence-electron chi connectivity index (χ0n) is 8.04. The van der Waals surface area contributed by atoms with E-state index in [-0.39, 0.29) is 0 Å². The molecule has 72 valence electrons. The van der Waals surface area contributed by atoms with Crippen molar-refractivity contribution >= 4 is 0 Å². The summed E-state index contributed by atoms with van der Waals surface area (Å²) in [6.07, 6.45) is 10.5. The molecule has 0 unspecified atom stereocenters. The molecule has 0 N–H and O–H groups in total. The van der Waals surface area contributed by atoms with Gasteiger partial charge in [-0.25, -0.2) is 0 Å². The highest BCUT2D eigenvalue weighted by molar-refractivity contribution is 5.12. The molecule has 1 saturated heterocycles. The third kappa shape index (κ3) is 2.59. The topological polar surface area (TPSA) is 12.5 Å². The lowest BCUT2D eigenvalue weighted by molar-refractivity contribution is 0.0589. The second-order valence-electron chi connectivity index (χ2n) is 3.65. The highest BCUT2D eigenvalue weighted by Gasteiger charge is 2.08. The molecule has 0 aromatic heterocycles. The summed E-state index contributed by atoms with van der Waals surface area (Å²) >= 11 is 0. The van der Waals surface area contributed by atoms with E-state index >= 15 is 0 Å². The van der Waals surface area contributed by atoms with Crippen LogP contribution in [0.15, 0.2) is 23.9 Å². The minimum Gasteiger partial charge on any atom is -0.378 e. The molecule has 0 aromatic carbocycles. The van der Waals surface area contributed by atoms with Gasteiger partial charge in [-0.3, -0.25) is 0 Å². The summed E-state index contributed by atoms with van der Waals surface area (Å²) in [5, 5.41) is 0. The maximum Gasteiger partial charge on any atom is 0.0642 e. The first-order valence-corrected chi connectivity index (χ1v) is 5.11. The van der Waals surface area contributed by atoms with Crippen molar-refractivity contribution < 1.29 is 4.74 Å². The molecular formula is C11H17NO. The standard InChI is InChI=1S/C11H17NO/c1-2-4-11(5-3-1)10-12-6-8-13-9-7-12/h1-2,10H,3-9H2. The number of allylic oxidation sites excluding steroid dienone is 3. The van der Waals surface area contributed by atoms with Crippen LogP contribution < -0.4 is 0 Å². The van der Waals surface area contributed by atoms with Crippen molar-refractivity contribution in [3.8, 4) is 0 Å². The number of hydrogen-bond acceptors (Lipinski definition) is 2. The summed E-state index contributed by atoms with van der Waals surface area (Å²) in [6, 6.07) is 0. The largest absolute Gasteiger partial charge is 0.378 e. The van der Waals surface area contributed by atoms with Crippen molar-refractivity contribution in [2.75, 3.05) is 26.3 Å². The van der Waals surface area contributed by atoms with E-state index in [1.54, 1.807) is 5.57 Å². The van der Waals surface area contributed by atoms with Crippen LogP contribution in [0.4, 0.5) is 0 Å². The minimum atomic E-state index is 0.889. The van der Waals surface area contributed by atoms with Crippen molar-refractivity contribution in [2.24, 2.45) is 0 Å². The summed E-state index contributed by atoms with van der Waals surface area (Å²) in [4.78, 5) is 2.39. The number of nitrogens with zero attached hydrogens (tertiary/aromatic N) is 1. The molecule has 0 amide bonds. The fraction of sp³-hybridized carbons (Fsp3) is 0.636. The van der Waals surface area contributed by atoms with Gasteiger partial charge in [0.15, 0.2) is 0 Å². The number of rotatable bonds is 1. The maximum absolute atomic E-state index is 5.30. The fourth-order valence-electron chi connectivity index (χ4n) is 1.81. The summed E-state index contributed by atoms with van der Waals surface area (Å²) in [7, 11) is 0. The lowest BCUT2D eigenvalue weighted by atomic mass is 10.0. The average Bonchev–Trinajstić information content (AvgIpc) is 2.21. The smallest absolute Gasteiger partial charge is 0.0642 e. The molecule has 0 saturated carbocycles. The van der Waals surface area contributed by atoms with Crippen molar-refractivity contribution in [3.63, 3.8) is 0 Å². The van der Waals surface area contributed by atoms with E-state index in [0.29, 0.717) is 0 Å². The third-order valence-electron chi connectivity index (χ3n) is 2.59. The van der Waals surface area contributed by atoms with Crippen molar-refractivity contribution in [1.82, 2.24) is 4.90 Å². The minimum absolute atomic E-state index is 0.889. The summed E-state index contributed by atoms with van der Waals surface area (Å²) in [6.45, 7) is 3.90. The molecule has 13 heavy (non-hydrogen) atoms. The lowest BCUT2D eigenvalue weighted by Crippen LogP contribution is -2.32. The molecular weight excluding hydrogens is 162 g/mol. The molecule has 1 heterocycles. The van der Waals surface area contributed by atoms with Crippen LogP contribution in [-0.4, -0.2) is 31.2 Å². The Morgan fingerprint density at radius 3 is 2.77 bits per heavy atom. The van der Waals surface area contributed by atoms with Crippen LogP contribution in [0.5, 0.6) is 0 Å². The molecule has 2 heteroatoms. The molecule has 2 aliphatic rings. The van der Waals surface area contributed by atoms with E-state index in [1.165, 1.54) is 12.8 Å². The van der Waals surface area contributed by atoms with E-state index in [1.807, 2.05) is 0 Å². The zero-order chi connectivity index (χ0) is 8.93. The Kier molecular flexibility index (Phi) is 3.03. The Balaban J connectivity index is 1.89. The van der Waals surface area contributed by atoms with Crippen LogP contribution in [0.25, 0.3) is 0 Å². The van der Waals surface area contributed by atoms with Gasteiger partial charge in [0.05, 0.1) is 13.2 Å². The Hall–Kier alpha value is -0.760. The molecule has 2 nitrogen and oxygen atoms in total. The Bertz CT molecular complexity index is 214. The molecule has 0 radical (unpaired) electrons. The Morgan fingerprint density at radius 1 is 1.23 bits per heavy atom. The van der Waals surface area contributed by atoms with Gasteiger partial charge in [-0.05, 0) is 25.5 Å². The van der Waals surface area contributed by atoms with Crippen LogP contribution in [0.1, 0.15) is 19.3 Å². The van der Waals surface area contributed by atoms with Crippen LogP contribution in [0.2, 0.25) is 0 Å². The van der Waals surface area contributed by atoms with Crippen LogP contribution in [0.3, 0.4) is 0 Å². The molecule has 2 rings (SSSR count). The first kappa shape index (κ1) is 8.82. The SMILES string of the molecule is C1=CCC(=CN2CCOCC2)CC1. The molecule has 1 fully saturated rings. The number of morpholine rings is 1. The highest BCUT2D eigenvalue weighted by atomic mass is 16.5. The van der Waals surface area contributed by atoms with Gasteiger partial charge >= 0.3 is 0 Å². The summed E-state index contributed by atoms with van der Waals surface area (Å²) in [5.41, 5.74) is 1.57. The van der Waals surface area contributed by atoms with Gasteiger partial charge in [0, 0.05) is 13.1 Å². The highest BCUT2D eigenvalue weighted by Crippen LogP contribution is 2.17. The van der Waals surface area contributed by atoms with Crippen LogP contribution >= 0.6 is 0 Å². The predicted octanol–water partition coefficient (Wildman–Crippen LogP) is 1.94. The lowest BCUT2D eigenvalue weighted by Gasteiger charge is -2.26. The predicted molar refractivity (Wildman–Crippen MR) is 53.5 cm³/mol. The van der Waals surface area contributed by atoms with E-state index in [2.05, 4.69) is 23.3 Å². The van der Waals surface area contributed by atoms with Crippen molar-refractivity contribution in [3.05, 3.63) is 23.9 Å². The number of ether oxygens (including phenoxy) is 1. The maximum atomic E-state index is 5.30. The Labute approximate surface area is 79.9 Å². The van der Waals surface area contributed by atoms with E-state index in [4.69, 9.17) is 4.74 Å². The quantitative estimate of drug-likeness (QED) is 0.570. The monoisotopic (exact) mass is 179 g/mol. The van der Waals surface area contributed by atoms with Crippen molar-refractivity contribution in [1.29, 1.82) is 0 Å². The fourth-order valence-corrected chi connectivity index (χ4v) is 1.81. The molecule has 0 spiro atoms. The van der Waals surface area contributed by atoms with E-state index in [0.717, 1.165) is 32.7 Å². The second kappa shape index (κ2) is 4.47. The summed E-state index contributed by atoms with van der Waals surface area (Å²) < 4.78 is 5.30. The van der Waals surface area contributed by atoms with Gasteiger partial charge in [-0.1, -0.05) is 17.7 Å². The average molecular weight is 179 g/mol. The van der Waals surface area contributed by atoms with Crippen molar-refractivity contribution in [2.45, 2.75) is 19.3 Å². The first-order chi connectivity index (χ1) is 6.45. The third-order valence-corrected chi connectivity index (χ3v) is 2.59. The first-order valence-electron chi connectivity index (χ1n) is 5.11. The molecule has 0 bridgehead atoms. The molecule has 0 atom stereocenters. The normalized spacial score (nSPS) is 26.8. The Morgan fingerprint density at radius 2 is 2.08 bits per heavy atom. The summed E-state index contributed by atoms with van der Waals surface area (Å²) in [5.74, 6) is 0.